The van der Waals surface area contributed by atoms with Gasteiger partial charge in [0, 0.05) is 66.4 Å². The summed E-state index contributed by atoms with van der Waals surface area (Å²) in [6.45, 7) is 10.6. The van der Waals surface area contributed by atoms with Crippen LogP contribution in [0.3, 0.4) is 0 Å². The molecule has 1 aliphatic heterocycles. The lowest BCUT2D eigenvalue weighted by Crippen LogP contribution is -2.35. The SMILES string of the molecule is COCCN1CCC(c2ccc3[nH]c(-c4cc(-c5cccnc5)c(=O)n(C)c4C)c(C(C)C)c3c2)CC1. The molecule has 0 unspecified atom stereocenters. The van der Waals surface area contributed by atoms with Crippen molar-refractivity contribution in [3.63, 3.8) is 0 Å². The zero-order valence-electron chi connectivity index (χ0n) is 22.7. The van der Waals surface area contributed by atoms with Gasteiger partial charge in [-0.05, 0) is 80.1 Å². The van der Waals surface area contributed by atoms with Gasteiger partial charge in [0.1, 0.15) is 0 Å². The van der Waals surface area contributed by atoms with Crippen LogP contribution in [0.4, 0.5) is 0 Å². The fourth-order valence-electron chi connectivity index (χ4n) is 5.81. The minimum Gasteiger partial charge on any atom is -0.383 e. The van der Waals surface area contributed by atoms with Gasteiger partial charge in [0.2, 0.25) is 0 Å². The maximum atomic E-state index is 13.2. The minimum absolute atomic E-state index is 0.00409. The van der Waals surface area contributed by atoms with Gasteiger partial charge in [0.05, 0.1) is 12.3 Å². The van der Waals surface area contributed by atoms with Crippen LogP contribution in [0.1, 0.15) is 55.3 Å². The molecule has 0 radical (unpaired) electrons. The van der Waals surface area contributed by atoms with Gasteiger partial charge in [-0.15, -0.1) is 0 Å². The van der Waals surface area contributed by atoms with Gasteiger partial charge in [0.25, 0.3) is 5.56 Å². The molecule has 6 heteroatoms. The first-order chi connectivity index (χ1) is 17.9. The summed E-state index contributed by atoms with van der Waals surface area (Å²) in [7, 11) is 3.63. The number of methoxy groups -OCH3 is 1. The molecule has 37 heavy (non-hydrogen) atoms. The number of aromatic nitrogens is 3. The Balaban J connectivity index is 1.57. The van der Waals surface area contributed by atoms with E-state index in [9.17, 15) is 4.79 Å². The summed E-state index contributed by atoms with van der Waals surface area (Å²) in [6, 6.07) is 12.8. The van der Waals surface area contributed by atoms with Gasteiger partial charge in [-0.25, -0.2) is 0 Å². The van der Waals surface area contributed by atoms with E-state index in [0.717, 1.165) is 54.3 Å². The zero-order chi connectivity index (χ0) is 26.1. The third-order valence-electron chi connectivity index (χ3n) is 8.07. The molecule has 0 spiro atoms. The largest absolute Gasteiger partial charge is 0.383 e. The Hall–Kier alpha value is -3.22. The van der Waals surface area contributed by atoms with Crippen molar-refractivity contribution in [3.05, 3.63) is 76.0 Å². The maximum absolute atomic E-state index is 13.2. The number of piperidine rings is 1. The fourth-order valence-corrected chi connectivity index (χ4v) is 5.81. The van der Waals surface area contributed by atoms with E-state index in [2.05, 4.69) is 46.9 Å². The quantitative estimate of drug-likeness (QED) is 0.347. The van der Waals surface area contributed by atoms with E-state index in [-0.39, 0.29) is 5.56 Å². The smallest absolute Gasteiger partial charge is 0.258 e. The summed E-state index contributed by atoms with van der Waals surface area (Å²) in [5.41, 5.74) is 8.52. The summed E-state index contributed by atoms with van der Waals surface area (Å²) in [6.07, 6.45) is 5.85. The number of hydrogen-bond donors (Lipinski definition) is 1. The Morgan fingerprint density at radius 3 is 2.59 bits per heavy atom. The van der Waals surface area contributed by atoms with Crippen molar-refractivity contribution in [1.82, 2.24) is 19.4 Å². The van der Waals surface area contributed by atoms with Crippen molar-refractivity contribution in [2.24, 2.45) is 7.05 Å². The predicted octanol–water partition coefficient (Wildman–Crippen LogP) is 5.85. The molecular formula is C31H38N4O2. The zero-order valence-corrected chi connectivity index (χ0v) is 22.7. The molecule has 6 nitrogen and oxygen atoms in total. The van der Waals surface area contributed by atoms with Crippen molar-refractivity contribution in [3.8, 4) is 22.4 Å². The summed E-state index contributed by atoms with van der Waals surface area (Å²) in [4.78, 5) is 23.7. The number of fused-ring (bicyclic) bond motifs is 1. The molecule has 0 bridgehead atoms. The van der Waals surface area contributed by atoms with Gasteiger partial charge in [-0.2, -0.15) is 0 Å². The lowest BCUT2D eigenvalue weighted by molar-refractivity contribution is 0.130. The molecule has 1 N–H and O–H groups in total. The number of rotatable bonds is 7. The van der Waals surface area contributed by atoms with Crippen LogP contribution in [-0.4, -0.2) is 52.8 Å². The Bertz CT molecular complexity index is 1440. The number of hydrogen-bond acceptors (Lipinski definition) is 4. The standard InChI is InChI=1S/C31H38N4O2/c1-20(2)29-27-17-23(22-10-13-35(14-11-22)15-16-37-5)8-9-28(27)33-30(29)25-18-26(24-7-6-12-32-19-24)31(36)34(4)21(25)3/h6-9,12,17-20,22,33H,10-11,13-16H2,1-5H3. The molecule has 1 fully saturated rings. The average Bonchev–Trinajstić information content (AvgIpc) is 3.30. The Labute approximate surface area is 219 Å². The van der Waals surface area contributed by atoms with Crippen LogP contribution in [0.25, 0.3) is 33.3 Å². The second-order valence-electron chi connectivity index (χ2n) is 10.6. The highest BCUT2D eigenvalue weighted by Crippen LogP contribution is 2.39. The van der Waals surface area contributed by atoms with Gasteiger partial charge in [-0.3, -0.25) is 9.78 Å². The van der Waals surface area contributed by atoms with E-state index in [1.807, 2.05) is 32.2 Å². The number of pyridine rings is 2. The molecule has 3 aromatic heterocycles. The fraction of sp³-hybridized carbons (Fsp3) is 0.419. The van der Waals surface area contributed by atoms with Gasteiger partial charge in [-0.1, -0.05) is 26.0 Å². The van der Waals surface area contributed by atoms with Gasteiger partial charge < -0.3 is 19.2 Å². The van der Waals surface area contributed by atoms with E-state index < -0.39 is 0 Å². The van der Waals surface area contributed by atoms with Crippen molar-refractivity contribution in [2.75, 3.05) is 33.4 Å². The van der Waals surface area contributed by atoms with Crippen molar-refractivity contribution >= 4 is 10.9 Å². The molecule has 0 saturated carbocycles. The first kappa shape index (κ1) is 25.4. The van der Waals surface area contributed by atoms with Gasteiger partial charge >= 0.3 is 0 Å². The van der Waals surface area contributed by atoms with Crippen molar-refractivity contribution in [1.29, 1.82) is 0 Å². The lowest BCUT2D eigenvalue weighted by atomic mass is 9.87. The highest BCUT2D eigenvalue weighted by molar-refractivity contribution is 5.93. The van der Waals surface area contributed by atoms with Crippen LogP contribution in [0.5, 0.6) is 0 Å². The third-order valence-corrected chi connectivity index (χ3v) is 8.07. The highest BCUT2D eigenvalue weighted by Gasteiger charge is 2.24. The first-order valence-corrected chi connectivity index (χ1v) is 13.4. The molecule has 0 atom stereocenters. The number of ether oxygens (including phenoxy) is 1. The molecular weight excluding hydrogens is 460 g/mol. The van der Waals surface area contributed by atoms with E-state index in [4.69, 9.17) is 4.74 Å². The Morgan fingerprint density at radius 2 is 1.92 bits per heavy atom. The van der Waals surface area contributed by atoms with E-state index >= 15 is 0 Å². The molecule has 0 amide bonds. The molecule has 1 aromatic carbocycles. The molecule has 4 heterocycles. The van der Waals surface area contributed by atoms with Crippen molar-refractivity contribution in [2.45, 2.75) is 45.4 Å². The highest BCUT2D eigenvalue weighted by atomic mass is 16.5. The molecule has 0 aliphatic carbocycles. The summed E-state index contributed by atoms with van der Waals surface area (Å²) < 4.78 is 7.03. The topological polar surface area (TPSA) is 63.1 Å². The number of likely N-dealkylation sites (tertiary alicyclic amines) is 1. The van der Waals surface area contributed by atoms with Crippen LogP contribution in [0.15, 0.2) is 53.6 Å². The number of benzene rings is 1. The molecule has 5 rings (SSSR count). The summed E-state index contributed by atoms with van der Waals surface area (Å²) in [5, 5.41) is 1.29. The predicted molar refractivity (Wildman–Crippen MR) is 151 cm³/mol. The second-order valence-corrected chi connectivity index (χ2v) is 10.6. The number of nitrogens with zero attached hydrogens (tertiary/aromatic N) is 3. The van der Waals surface area contributed by atoms with Crippen LogP contribution in [0, 0.1) is 6.92 Å². The van der Waals surface area contributed by atoms with Crippen molar-refractivity contribution < 1.29 is 4.74 Å². The Morgan fingerprint density at radius 1 is 1.14 bits per heavy atom. The first-order valence-electron chi connectivity index (χ1n) is 13.4. The summed E-state index contributed by atoms with van der Waals surface area (Å²) in [5.74, 6) is 0.909. The van der Waals surface area contributed by atoms with E-state index in [0.29, 0.717) is 17.4 Å². The van der Waals surface area contributed by atoms with E-state index in [1.165, 1.54) is 29.4 Å². The number of aromatic amines is 1. The van der Waals surface area contributed by atoms with Crippen LogP contribution in [0.2, 0.25) is 0 Å². The Kier molecular flexibility index (Phi) is 7.31. The number of nitrogens with one attached hydrogen (secondary N) is 1. The minimum atomic E-state index is -0.00409. The molecule has 4 aromatic rings. The number of H-pyrrole nitrogens is 1. The second kappa shape index (κ2) is 10.6. The molecule has 1 saturated heterocycles. The monoisotopic (exact) mass is 498 g/mol. The summed E-state index contributed by atoms with van der Waals surface area (Å²) >= 11 is 0. The van der Waals surface area contributed by atoms with Gasteiger partial charge in [0.15, 0.2) is 0 Å². The van der Waals surface area contributed by atoms with E-state index in [1.54, 1.807) is 24.1 Å². The molecule has 194 valence electrons. The average molecular weight is 499 g/mol. The maximum Gasteiger partial charge on any atom is 0.258 e. The lowest BCUT2D eigenvalue weighted by Gasteiger charge is -2.32. The van der Waals surface area contributed by atoms with Crippen LogP contribution < -0.4 is 5.56 Å². The van der Waals surface area contributed by atoms with Crippen LogP contribution >= 0.6 is 0 Å². The third kappa shape index (κ3) is 4.88. The van der Waals surface area contributed by atoms with Crippen LogP contribution in [-0.2, 0) is 11.8 Å². The molecule has 1 aliphatic rings. The normalized spacial score (nSPS) is 15.2.